The maximum absolute atomic E-state index is 4.37. The van der Waals surface area contributed by atoms with Crippen molar-refractivity contribution in [3.05, 3.63) is 16.1 Å². The number of rotatable bonds is 1. The minimum absolute atomic E-state index is 0.834. The number of nitrogens with zero attached hydrogens (tertiary/aromatic N) is 1. The smallest absolute Gasteiger partial charge is 0.0797 e. The molecule has 1 aromatic rings. The van der Waals surface area contributed by atoms with Gasteiger partial charge in [-0.3, -0.25) is 0 Å². The molecule has 1 atom stereocenters. The van der Waals surface area contributed by atoms with Crippen molar-refractivity contribution >= 4 is 11.3 Å². The van der Waals surface area contributed by atoms with Gasteiger partial charge in [-0.1, -0.05) is 13.8 Å². The predicted molar refractivity (Wildman–Crippen MR) is 52.5 cm³/mol. The number of hydrogen-bond acceptors (Lipinski definition) is 2. The van der Waals surface area contributed by atoms with E-state index in [1.807, 2.05) is 16.8 Å². The highest BCUT2D eigenvalue weighted by atomic mass is 32.1. The predicted octanol–water partition coefficient (Wildman–Crippen LogP) is 2.90. The van der Waals surface area contributed by atoms with E-state index in [1.54, 1.807) is 4.88 Å². The Labute approximate surface area is 77.8 Å². The molecule has 0 aliphatic heterocycles. The largest absolute Gasteiger partial charge is 0.249 e. The first-order valence-electron chi connectivity index (χ1n) is 4.68. The van der Waals surface area contributed by atoms with Gasteiger partial charge in [0.15, 0.2) is 0 Å². The van der Waals surface area contributed by atoms with Crippen LogP contribution in [0.2, 0.25) is 0 Å². The quantitative estimate of drug-likeness (QED) is 0.649. The van der Waals surface area contributed by atoms with Crippen molar-refractivity contribution in [1.29, 1.82) is 0 Å². The molecule has 0 amide bonds. The van der Waals surface area contributed by atoms with Crippen LogP contribution >= 0.6 is 11.3 Å². The molecule has 12 heavy (non-hydrogen) atoms. The average molecular weight is 181 g/mol. The second-order valence-electron chi connectivity index (χ2n) is 3.97. The lowest BCUT2D eigenvalue weighted by atomic mass is 9.83. The van der Waals surface area contributed by atoms with Gasteiger partial charge in [-0.15, -0.1) is 11.3 Å². The maximum atomic E-state index is 4.37. The zero-order valence-corrected chi connectivity index (χ0v) is 8.53. The summed E-state index contributed by atoms with van der Waals surface area (Å²) in [4.78, 5) is 5.91. The fourth-order valence-corrected chi connectivity index (χ4v) is 2.80. The molecule has 2 heteroatoms. The first-order valence-corrected chi connectivity index (χ1v) is 5.56. The molecule has 1 heterocycles. The second-order valence-corrected chi connectivity index (χ2v) is 4.91. The highest BCUT2D eigenvalue weighted by Crippen LogP contribution is 2.31. The molecule has 0 saturated carbocycles. The third kappa shape index (κ3) is 1.40. The summed E-state index contributed by atoms with van der Waals surface area (Å²) in [5.41, 5.74) is 3.37. The molecule has 1 aliphatic carbocycles. The third-order valence-corrected chi connectivity index (χ3v) is 3.77. The lowest BCUT2D eigenvalue weighted by Crippen LogP contribution is -2.17. The molecule has 0 radical (unpaired) electrons. The molecule has 1 nitrogen and oxygen atoms in total. The Bertz CT molecular complexity index is 265. The Morgan fingerprint density at radius 1 is 1.58 bits per heavy atom. The van der Waals surface area contributed by atoms with Gasteiger partial charge in [-0.2, -0.15) is 0 Å². The van der Waals surface area contributed by atoms with Crippen LogP contribution in [0.25, 0.3) is 0 Å². The Hall–Kier alpha value is -0.370. The number of aryl methyl sites for hydroxylation is 1. The lowest BCUT2D eigenvalue weighted by molar-refractivity contribution is 0.344. The molecule has 0 bridgehead atoms. The molecule has 0 spiro atoms. The lowest BCUT2D eigenvalue weighted by Gasteiger charge is -2.24. The first kappa shape index (κ1) is 8.24. The number of hydrogen-bond donors (Lipinski definition) is 0. The topological polar surface area (TPSA) is 12.9 Å². The van der Waals surface area contributed by atoms with Crippen LogP contribution in [0, 0.1) is 11.8 Å². The van der Waals surface area contributed by atoms with Crippen LogP contribution in [-0.2, 0) is 12.8 Å². The fraction of sp³-hybridized carbons (Fsp3) is 0.700. The van der Waals surface area contributed by atoms with Crippen LogP contribution in [0.5, 0.6) is 0 Å². The van der Waals surface area contributed by atoms with E-state index in [4.69, 9.17) is 0 Å². The molecule has 2 rings (SSSR count). The van der Waals surface area contributed by atoms with E-state index in [1.165, 1.54) is 25.0 Å². The van der Waals surface area contributed by atoms with Crippen LogP contribution in [0.3, 0.4) is 0 Å². The molecular weight excluding hydrogens is 166 g/mol. The van der Waals surface area contributed by atoms with Gasteiger partial charge >= 0.3 is 0 Å². The minimum atomic E-state index is 0.834. The number of fused-ring (bicyclic) bond motifs is 1. The summed E-state index contributed by atoms with van der Waals surface area (Å²) in [5.74, 6) is 1.73. The maximum Gasteiger partial charge on any atom is 0.0797 e. The molecule has 66 valence electrons. The Morgan fingerprint density at radius 2 is 2.42 bits per heavy atom. The summed E-state index contributed by atoms with van der Waals surface area (Å²) in [6.07, 6.45) is 3.83. The van der Waals surface area contributed by atoms with Crippen molar-refractivity contribution in [3.8, 4) is 0 Å². The van der Waals surface area contributed by atoms with Gasteiger partial charge in [0.2, 0.25) is 0 Å². The van der Waals surface area contributed by atoms with E-state index in [-0.39, 0.29) is 0 Å². The number of aromatic nitrogens is 1. The second kappa shape index (κ2) is 3.17. The highest BCUT2D eigenvalue weighted by molar-refractivity contribution is 7.09. The summed E-state index contributed by atoms with van der Waals surface area (Å²) in [5, 5.41) is 0. The summed E-state index contributed by atoms with van der Waals surface area (Å²) in [6.45, 7) is 4.66. The van der Waals surface area contributed by atoms with E-state index in [0.717, 1.165) is 11.8 Å². The third-order valence-electron chi connectivity index (χ3n) is 2.87. The highest BCUT2D eigenvalue weighted by Gasteiger charge is 2.22. The summed E-state index contributed by atoms with van der Waals surface area (Å²) >= 11 is 1.84. The van der Waals surface area contributed by atoms with Crippen molar-refractivity contribution in [2.45, 2.75) is 33.1 Å². The Morgan fingerprint density at radius 3 is 3.17 bits per heavy atom. The summed E-state index contributed by atoms with van der Waals surface area (Å²) in [7, 11) is 0. The van der Waals surface area contributed by atoms with E-state index in [9.17, 15) is 0 Å². The first-order chi connectivity index (χ1) is 5.77. The van der Waals surface area contributed by atoms with E-state index < -0.39 is 0 Å². The van der Waals surface area contributed by atoms with Crippen LogP contribution in [-0.4, -0.2) is 4.98 Å². The van der Waals surface area contributed by atoms with Gasteiger partial charge in [-0.25, -0.2) is 4.98 Å². The summed E-state index contributed by atoms with van der Waals surface area (Å²) in [6, 6.07) is 0. The molecule has 1 aliphatic rings. The van der Waals surface area contributed by atoms with Crippen molar-refractivity contribution in [3.63, 3.8) is 0 Å². The molecule has 0 aromatic carbocycles. The molecule has 0 N–H and O–H groups in total. The van der Waals surface area contributed by atoms with E-state index in [0.29, 0.717) is 0 Å². The van der Waals surface area contributed by atoms with Crippen molar-refractivity contribution < 1.29 is 0 Å². The van der Waals surface area contributed by atoms with Gasteiger partial charge in [0.1, 0.15) is 0 Å². The molecular formula is C10H15NS. The van der Waals surface area contributed by atoms with Crippen LogP contribution in [0.4, 0.5) is 0 Å². The molecule has 0 fully saturated rings. The molecule has 0 saturated heterocycles. The zero-order valence-electron chi connectivity index (χ0n) is 7.71. The van der Waals surface area contributed by atoms with Crippen LogP contribution in [0.15, 0.2) is 5.51 Å². The fourth-order valence-electron chi connectivity index (χ4n) is 1.89. The van der Waals surface area contributed by atoms with E-state index in [2.05, 4.69) is 18.8 Å². The zero-order chi connectivity index (χ0) is 8.55. The molecule has 1 unspecified atom stereocenters. The van der Waals surface area contributed by atoms with Gasteiger partial charge in [0.25, 0.3) is 0 Å². The van der Waals surface area contributed by atoms with Gasteiger partial charge < -0.3 is 0 Å². The van der Waals surface area contributed by atoms with Crippen molar-refractivity contribution in [2.24, 2.45) is 11.8 Å². The normalized spacial score (nSPS) is 22.8. The average Bonchev–Trinajstić information content (AvgIpc) is 2.49. The van der Waals surface area contributed by atoms with Gasteiger partial charge in [0.05, 0.1) is 11.2 Å². The van der Waals surface area contributed by atoms with Gasteiger partial charge in [0, 0.05) is 4.88 Å². The summed E-state index contributed by atoms with van der Waals surface area (Å²) < 4.78 is 0. The Kier molecular flexibility index (Phi) is 2.18. The SMILES string of the molecule is CC(C)C1CCc2ncsc2C1. The minimum Gasteiger partial charge on any atom is -0.249 e. The van der Waals surface area contributed by atoms with Crippen LogP contribution in [0.1, 0.15) is 30.8 Å². The molecule has 1 aromatic heterocycles. The van der Waals surface area contributed by atoms with E-state index >= 15 is 0 Å². The van der Waals surface area contributed by atoms with Crippen molar-refractivity contribution in [1.82, 2.24) is 4.98 Å². The van der Waals surface area contributed by atoms with Crippen molar-refractivity contribution in [2.75, 3.05) is 0 Å². The monoisotopic (exact) mass is 181 g/mol. The Balaban J connectivity index is 2.15. The van der Waals surface area contributed by atoms with Gasteiger partial charge in [-0.05, 0) is 31.1 Å². The standard InChI is InChI=1S/C10H15NS/c1-7(2)8-3-4-9-10(5-8)12-6-11-9/h6-8H,3-5H2,1-2H3. The number of thiazole rings is 1. The van der Waals surface area contributed by atoms with Crippen LogP contribution < -0.4 is 0 Å².